The summed E-state index contributed by atoms with van der Waals surface area (Å²) >= 11 is 5.97. The second-order valence-electron chi connectivity index (χ2n) is 6.39. The minimum atomic E-state index is -0.405. The number of hydrogen-bond acceptors (Lipinski definition) is 4. The van der Waals surface area contributed by atoms with Gasteiger partial charge in [-0.3, -0.25) is 9.59 Å². The highest BCUT2D eigenvalue weighted by molar-refractivity contribution is 6.30. The molecule has 2 N–H and O–H groups in total. The third-order valence-corrected chi connectivity index (χ3v) is 4.42. The summed E-state index contributed by atoms with van der Waals surface area (Å²) in [5, 5.41) is 10.00. The van der Waals surface area contributed by atoms with E-state index in [1.807, 2.05) is 6.07 Å². The number of halogens is 1. The van der Waals surface area contributed by atoms with Crippen LogP contribution in [0, 0.1) is 5.92 Å². The van der Waals surface area contributed by atoms with E-state index in [1.54, 1.807) is 48.5 Å². The van der Waals surface area contributed by atoms with Crippen LogP contribution in [0.3, 0.4) is 0 Å². The van der Waals surface area contributed by atoms with E-state index in [0.29, 0.717) is 22.2 Å². The van der Waals surface area contributed by atoms with Crippen LogP contribution in [0.25, 0.3) is 11.3 Å². The lowest BCUT2D eigenvalue weighted by Gasteiger charge is -2.07. The molecule has 0 saturated heterocycles. The summed E-state index contributed by atoms with van der Waals surface area (Å²) in [4.78, 5) is 24.3. The molecule has 6 nitrogen and oxygen atoms in total. The van der Waals surface area contributed by atoms with Gasteiger partial charge in [0.15, 0.2) is 11.5 Å². The van der Waals surface area contributed by atoms with Gasteiger partial charge in [-0.15, -0.1) is 0 Å². The molecule has 0 atom stereocenters. The zero-order valence-electron chi connectivity index (χ0n) is 14.2. The number of nitrogens with one attached hydrogen (secondary N) is 2. The van der Waals surface area contributed by atoms with E-state index in [4.69, 9.17) is 16.1 Å². The van der Waals surface area contributed by atoms with Gasteiger partial charge in [0, 0.05) is 33.9 Å². The number of carbonyl (C=O) groups is 2. The van der Waals surface area contributed by atoms with Gasteiger partial charge in [0.1, 0.15) is 0 Å². The SMILES string of the molecule is O=C(Nc1cccc(NC(=O)C2CC2)c1)c1cc(-c2cccc(Cl)c2)on1. The Morgan fingerprint density at radius 1 is 1.00 bits per heavy atom. The Bertz CT molecular complexity index is 1010. The second kappa shape index (κ2) is 7.25. The highest BCUT2D eigenvalue weighted by atomic mass is 35.5. The standard InChI is InChI=1S/C20H16ClN3O3/c21-14-4-1-3-13(9-14)18-11-17(24-27-18)20(26)23-16-6-2-5-15(10-16)22-19(25)12-7-8-12/h1-6,9-12H,7-8H2,(H,22,25)(H,23,26). The van der Waals surface area contributed by atoms with Crippen molar-refractivity contribution in [3.8, 4) is 11.3 Å². The Kier molecular flexibility index (Phi) is 4.64. The van der Waals surface area contributed by atoms with Crippen molar-refractivity contribution in [3.63, 3.8) is 0 Å². The Morgan fingerprint density at radius 3 is 2.48 bits per heavy atom. The monoisotopic (exact) mass is 381 g/mol. The smallest absolute Gasteiger partial charge is 0.277 e. The van der Waals surface area contributed by atoms with Crippen molar-refractivity contribution in [2.45, 2.75) is 12.8 Å². The number of rotatable bonds is 5. The molecule has 0 radical (unpaired) electrons. The Labute approximate surface area is 160 Å². The molecular formula is C20H16ClN3O3. The molecular weight excluding hydrogens is 366 g/mol. The van der Waals surface area contributed by atoms with E-state index in [1.165, 1.54) is 0 Å². The number of aromatic nitrogens is 1. The first kappa shape index (κ1) is 17.3. The maximum absolute atomic E-state index is 12.4. The highest BCUT2D eigenvalue weighted by Crippen LogP contribution is 2.30. The summed E-state index contributed by atoms with van der Waals surface area (Å²) in [6.45, 7) is 0. The molecule has 2 aromatic carbocycles. The highest BCUT2D eigenvalue weighted by Gasteiger charge is 2.29. The Hall–Kier alpha value is -3.12. The average molecular weight is 382 g/mol. The fraction of sp³-hybridized carbons (Fsp3) is 0.150. The van der Waals surface area contributed by atoms with Gasteiger partial charge in [-0.25, -0.2) is 0 Å². The van der Waals surface area contributed by atoms with Gasteiger partial charge in [-0.05, 0) is 43.2 Å². The first-order chi connectivity index (χ1) is 13.1. The van der Waals surface area contributed by atoms with Crippen molar-refractivity contribution in [3.05, 3.63) is 65.3 Å². The van der Waals surface area contributed by atoms with Crippen molar-refractivity contribution in [2.75, 3.05) is 10.6 Å². The predicted octanol–water partition coefficient (Wildman–Crippen LogP) is 4.60. The number of carbonyl (C=O) groups excluding carboxylic acids is 2. The first-order valence-corrected chi connectivity index (χ1v) is 8.91. The third-order valence-electron chi connectivity index (χ3n) is 4.19. The molecule has 0 spiro atoms. The number of hydrogen-bond donors (Lipinski definition) is 2. The number of amides is 2. The van der Waals surface area contributed by atoms with E-state index in [0.717, 1.165) is 18.4 Å². The van der Waals surface area contributed by atoms with Gasteiger partial charge in [0.2, 0.25) is 5.91 Å². The molecule has 0 aliphatic heterocycles. The second-order valence-corrected chi connectivity index (χ2v) is 6.82. The number of benzene rings is 2. The number of nitrogens with zero attached hydrogens (tertiary/aromatic N) is 1. The lowest BCUT2D eigenvalue weighted by atomic mass is 10.1. The molecule has 136 valence electrons. The van der Waals surface area contributed by atoms with Crippen LogP contribution in [0.15, 0.2) is 59.1 Å². The summed E-state index contributed by atoms with van der Waals surface area (Å²) in [5.74, 6) is 0.176. The molecule has 1 saturated carbocycles. The van der Waals surface area contributed by atoms with Crippen LogP contribution in [0.2, 0.25) is 5.02 Å². The molecule has 2 amide bonds. The van der Waals surface area contributed by atoms with Crippen molar-refractivity contribution < 1.29 is 14.1 Å². The predicted molar refractivity (Wildman–Crippen MR) is 103 cm³/mol. The van der Waals surface area contributed by atoms with Crippen LogP contribution in [0.1, 0.15) is 23.3 Å². The molecule has 0 bridgehead atoms. The quantitative estimate of drug-likeness (QED) is 0.676. The minimum Gasteiger partial charge on any atom is -0.355 e. The Morgan fingerprint density at radius 2 is 1.74 bits per heavy atom. The molecule has 27 heavy (non-hydrogen) atoms. The molecule has 3 aromatic rings. The normalized spacial score (nSPS) is 13.2. The summed E-state index contributed by atoms with van der Waals surface area (Å²) < 4.78 is 5.25. The van der Waals surface area contributed by atoms with Crippen molar-refractivity contribution in [2.24, 2.45) is 5.92 Å². The van der Waals surface area contributed by atoms with Gasteiger partial charge in [-0.1, -0.05) is 35.0 Å². The van der Waals surface area contributed by atoms with Gasteiger partial charge < -0.3 is 15.2 Å². The minimum absolute atomic E-state index is 0.0149. The zero-order valence-corrected chi connectivity index (χ0v) is 15.0. The van der Waals surface area contributed by atoms with Crippen LogP contribution in [0.4, 0.5) is 11.4 Å². The van der Waals surface area contributed by atoms with Gasteiger partial charge in [0.25, 0.3) is 5.91 Å². The molecule has 1 fully saturated rings. The third kappa shape index (κ3) is 4.17. The molecule has 7 heteroatoms. The van der Waals surface area contributed by atoms with Crippen molar-refractivity contribution in [1.82, 2.24) is 5.16 Å². The van der Waals surface area contributed by atoms with Crippen molar-refractivity contribution in [1.29, 1.82) is 0 Å². The largest absolute Gasteiger partial charge is 0.355 e. The van der Waals surface area contributed by atoms with E-state index >= 15 is 0 Å². The lowest BCUT2D eigenvalue weighted by Crippen LogP contribution is -2.15. The van der Waals surface area contributed by atoms with E-state index in [2.05, 4.69) is 15.8 Å². The van der Waals surface area contributed by atoms with Gasteiger partial charge in [0.05, 0.1) is 0 Å². The molecule has 0 unspecified atom stereocenters. The maximum atomic E-state index is 12.4. The van der Waals surface area contributed by atoms with Crippen LogP contribution in [-0.2, 0) is 4.79 Å². The fourth-order valence-electron chi connectivity index (χ4n) is 2.62. The van der Waals surface area contributed by atoms with Crippen LogP contribution in [-0.4, -0.2) is 17.0 Å². The first-order valence-electron chi connectivity index (χ1n) is 8.53. The zero-order chi connectivity index (χ0) is 18.8. The summed E-state index contributed by atoms with van der Waals surface area (Å²) in [6.07, 6.45) is 1.87. The van der Waals surface area contributed by atoms with E-state index < -0.39 is 5.91 Å². The van der Waals surface area contributed by atoms with Crippen molar-refractivity contribution >= 4 is 34.8 Å². The number of anilines is 2. The van der Waals surface area contributed by atoms with Gasteiger partial charge >= 0.3 is 0 Å². The fourth-order valence-corrected chi connectivity index (χ4v) is 2.81. The molecule has 1 aliphatic carbocycles. The summed E-state index contributed by atoms with van der Waals surface area (Å²) in [5.41, 5.74) is 2.08. The van der Waals surface area contributed by atoms with Crippen LogP contribution < -0.4 is 10.6 Å². The summed E-state index contributed by atoms with van der Waals surface area (Å²) in [6, 6.07) is 15.6. The molecule has 4 rings (SSSR count). The lowest BCUT2D eigenvalue weighted by molar-refractivity contribution is -0.117. The van der Waals surface area contributed by atoms with E-state index in [-0.39, 0.29) is 17.5 Å². The van der Waals surface area contributed by atoms with Crippen LogP contribution in [0.5, 0.6) is 0 Å². The van der Waals surface area contributed by atoms with Crippen LogP contribution >= 0.6 is 11.6 Å². The summed E-state index contributed by atoms with van der Waals surface area (Å²) in [7, 11) is 0. The maximum Gasteiger partial charge on any atom is 0.277 e. The topological polar surface area (TPSA) is 84.2 Å². The molecule has 1 heterocycles. The average Bonchev–Trinajstić information content (AvgIpc) is 3.39. The molecule has 1 aliphatic rings. The Balaban J connectivity index is 1.45. The van der Waals surface area contributed by atoms with E-state index in [9.17, 15) is 9.59 Å². The van der Waals surface area contributed by atoms with Gasteiger partial charge in [-0.2, -0.15) is 0 Å². The molecule has 1 aromatic heterocycles.